The number of ether oxygens (including phenoxy) is 2. The lowest BCUT2D eigenvalue weighted by Gasteiger charge is -2.39. The molecule has 0 N–H and O–H groups in total. The summed E-state index contributed by atoms with van der Waals surface area (Å²) < 4.78 is 11.4. The number of amides is 1. The molecule has 1 amide bonds. The molecule has 3 heterocycles. The third kappa shape index (κ3) is 9.23. The molecular formula is C36H42ClN3O3. The van der Waals surface area contributed by atoms with Gasteiger partial charge in [0.1, 0.15) is 18.1 Å². The maximum atomic E-state index is 12.2. The molecule has 0 bridgehead atoms. The van der Waals surface area contributed by atoms with Crippen LogP contribution in [0.15, 0.2) is 66.9 Å². The van der Waals surface area contributed by atoms with Crippen molar-refractivity contribution in [3.8, 4) is 28.7 Å². The van der Waals surface area contributed by atoms with Gasteiger partial charge in [0.05, 0.1) is 6.61 Å². The summed E-state index contributed by atoms with van der Waals surface area (Å²) in [7, 11) is 0. The Kier molecular flexibility index (Phi) is 11.4. The Bertz CT molecular complexity index is 1350. The zero-order valence-corrected chi connectivity index (χ0v) is 25.9. The number of piperidine rings is 2. The van der Waals surface area contributed by atoms with E-state index in [4.69, 9.17) is 21.1 Å². The van der Waals surface area contributed by atoms with E-state index in [1.807, 2.05) is 71.8 Å². The fourth-order valence-corrected chi connectivity index (χ4v) is 6.07. The van der Waals surface area contributed by atoms with Crippen molar-refractivity contribution in [2.45, 2.75) is 45.4 Å². The second-order valence-electron chi connectivity index (χ2n) is 11.5. The highest BCUT2D eigenvalue weighted by atomic mass is 35.5. The highest BCUT2D eigenvalue weighted by molar-refractivity contribution is 6.30. The summed E-state index contributed by atoms with van der Waals surface area (Å²) in [5.74, 6) is 8.69. The van der Waals surface area contributed by atoms with Crippen LogP contribution in [0, 0.1) is 23.7 Å². The molecule has 0 spiro atoms. The average molecular weight is 600 g/mol. The van der Waals surface area contributed by atoms with Crippen molar-refractivity contribution in [3.05, 3.63) is 83.1 Å². The summed E-state index contributed by atoms with van der Waals surface area (Å²) in [6, 6.07) is 19.6. The Balaban J connectivity index is 0.986. The van der Waals surface area contributed by atoms with Crippen LogP contribution in [0.4, 0.5) is 4.79 Å². The number of nitrogens with zero attached hydrogens (tertiary/aromatic N) is 3. The molecule has 2 fully saturated rings. The van der Waals surface area contributed by atoms with Gasteiger partial charge in [0.15, 0.2) is 0 Å². The number of pyridine rings is 1. The maximum Gasteiger partial charge on any atom is 0.409 e. The van der Waals surface area contributed by atoms with E-state index in [1.165, 1.54) is 12.8 Å². The van der Waals surface area contributed by atoms with Crippen molar-refractivity contribution in [1.29, 1.82) is 0 Å². The molecule has 6 nitrogen and oxygen atoms in total. The first kappa shape index (κ1) is 30.9. The van der Waals surface area contributed by atoms with Gasteiger partial charge in [0.2, 0.25) is 0 Å². The van der Waals surface area contributed by atoms with E-state index in [0.717, 1.165) is 103 Å². The van der Waals surface area contributed by atoms with Crippen LogP contribution in [0.1, 0.15) is 56.7 Å². The molecule has 0 radical (unpaired) electrons. The molecule has 2 aromatic carbocycles. The number of benzene rings is 2. The van der Waals surface area contributed by atoms with Gasteiger partial charge in [0, 0.05) is 42.0 Å². The van der Waals surface area contributed by atoms with E-state index < -0.39 is 0 Å². The first-order chi connectivity index (χ1) is 21.1. The van der Waals surface area contributed by atoms with Crippen LogP contribution < -0.4 is 4.74 Å². The summed E-state index contributed by atoms with van der Waals surface area (Å²) in [4.78, 5) is 21.1. The average Bonchev–Trinajstić information content (AvgIpc) is 3.05. The van der Waals surface area contributed by atoms with E-state index in [9.17, 15) is 4.79 Å². The van der Waals surface area contributed by atoms with Gasteiger partial charge in [-0.25, -0.2) is 9.78 Å². The lowest BCUT2D eigenvalue weighted by Crippen LogP contribution is -2.43. The summed E-state index contributed by atoms with van der Waals surface area (Å²) in [5.41, 5.74) is 3.77. The van der Waals surface area contributed by atoms with Crippen LogP contribution in [0.5, 0.6) is 5.75 Å². The lowest BCUT2D eigenvalue weighted by atomic mass is 9.79. The number of aromatic nitrogens is 1. The Hall–Kier alpha value is -3.53. The fraction of sp³-hybridized carbons (Fsp3) is 0.444. The minimum absolute atomic E-state index is 0.126. The van der Waals surface area contributed by atoms with Crippen molar-refractivity contribution < 1.29 is 14.3 Å². The monoisotopic (exact) mass is 599 g/mol. The predicted octanol–water partition coefficient (Wildman–Crippen LogP) is 7.54. The quantitative estimate of drug-likeness (QED) is 0.188. The Morgan fingerprint density at radius 2 is 1.53 bits per heavy atom. The number of likely N-dealkylation sites (tertiary alicyclic amines) is 2. The largest absolute Gasteiger partial charge is 0.492 e. The van der Waals surface area contributed by atoms with E-state index in [2.05, 4.69) is 28.6 Å². The van der Waals surface area contributed by atoms with Crippen molar-refractivity contribution in [1.82, 2.24) is 14.8 Å². The summed E-state index contributed by atoms with van der Waals surface area (Å²) in [6.45, 7) is 8.18. The van der Waals surface area contributed by atoms with Crippen molar-refractivity contribution in [2.24, 2.45) is 11.8 Å². The second-order valence-corrected chi connectivity index (χ2v) is 12.0. The van der Waals surface area contributed by atoms with Gasteiger partial charge in [0.25, 0.3) is 0 Å². The minimum atomic E-state index is -0.126. The summed E-state index contributed by atoms with van der Waals surface area (Å²) in [6.07, 6.45) is 8.37. The summed E-state index contributed by atoms with van der Waals surface area (Å²) in [5, 5.41) is 0.721. The maximum absolute atomic E-state index is 12.2. The molecule has 2 saturated heterocycles. The molecule has 1 aromatic heterocycles. The molecule has 0 atom stereocenters. The standard InChI is InChI=1S/C36H42ClN3O3/c1-2-3-25-43-36(41)40-22-18-31(19-23-40)30-16-20-39(21-17-30)24-26-42-35-14-5-28(6-15-35)4-12-34-13-9-32(27-38-34)29-7-10-33(37)11-8-29/h5-11,13-15,27,30-31H,2-3,16-26H2,1H3. The van der Waals surface area contributed by atoms with Crippen LogP contribution in [0.25, 0.3) is 11.1 Å². The van der Waals surface area contributed by atoms with Gasteiger partial charge < -0.3 is 14.4 Å². The van der Waals surface area contributed by atoms with Crippen LogP contribution >= 0.6 is 11.6 Å². The third-order valence-corrected chi connectivity index (χ3v) is 8.88. The van der Waals surface area contributed by atoms with Gasteiger partial charge in [-0.3, -0.25) is 4.90 Å². The first-order valence-electron chi connectivity index (χ1n) is 15.7. The zero-order chi connectivity index (χ0) is 29.9. The Morgan fingerprint density at radius 1 is 0.860 bits per heavy atom. The molecule has 7 heteroatoms. The van der Waals surface area contributed by atoms with E-state index >= 15 is 0 Å². The number of carbonyl (C=O) groups is 1. The molecule has 2 aliphatic rings. The Morgan fingerprint density at radius 3 is 2.19 bits per heavy atom. The van der Waals surface area contributed by atoms with Gasteiger partial charge in [-0.05, 0) is 111 Å². The topological polar surface area (TPSA) is 54.9 Å². The highest BCUT2D eigenvalue weighted by Gasteiger charge is 2.31. The second kappa shape index (κ2) is 15.8. The number of carbonyl (C=O) groups excluding carboxylic acids is 1. The van der Waals surface area contributed by atoms with Crippen molar-refractivity contribution in [2.75, 3.05) is 45.9 Å². The van der Waals surface area contributed by atoms with Crippen LogP contribution in [0.3, 0.4) is 0 Å². The molecular weight excluding hydrogens is 558 g/mol. The number of unbranched alkanes of at least 4 members (excludes halogenated alkanes) is 1. The van der Waals surface area contributed by atoms with E-state index in [0.29, 0.717) is 13.2 Å². The summed E-state index contributed by atoms with van der Waals surface area (Å²) >= 11 is 5.98. The van der Waals surface area contributed by atoms with Gasteiger partial charge >= 0.3 is 6.09 Å². The molecule has 0 unspecified atom stereocenters. The lowest BCUT2D eigenvalue weighted by molar-refractivity contribution is 0.0662. The number of hydrogen-bond acceptors (Lipinski definition) is 5. The molecule has 2 aliphatic heterocycles. The SMILES string of the molecule is CCCCOC(=O)N1CCC(C2CCN(CCOc3ccc(C#Cc4ccc(-c5ccc(Cl)cc5)cn4)cc3)CC2)CC1. The zero-order valence-electron chi connectivity index (χ0n) is 25.1. The van der Waals surface area contributed by atoms with E-state index in [-0.39, 0.29) is 6.09 Å². The molecule has 0 aliphatic carbocycles. The van der Waals surface area contributed by atoms with Crippen molar-refractivity contribution >= 4 is 17.7 Å². The number of rotatable bonds is 9. The normalized spacial score (nSPS) is 16.4. The molecule has 3 aromatic rings. The van der Waals surface area contributed by atoms with Crippen LogP contribution in [-0.2, 0) is 4.74 Å². The van der Waals surface area contributed by atoms with Gasteiger partial charge in [-0.1, -0.05) is 49.1 Å². The smallest absolute Gasteiger partial charge is 0.409 e. The van der Waals surface area contributed by atoms with Crippen molar-refractivity contribution in [3.63, 3.8) is 0 Å². The predicted molar refractivity (Wildman–Crippen MR) is 172 cm³/mol. The highest BCUT2D eigenvalue weighted by Crippen LogP contribution is 2.32. The minimum Gasteiger partial charge on any atom is -0.492 e. The van der Waals surface area contributed by atoms with Crippen LogP contribution in [0.2, 0.25) is 5.02 Å². The number of halogens is 1. The molecule has 226 valence electrons. The molecule has 5 rings (SSSR count). The molecule has 43 heavy (non-hydrogen) atoms. The Labute approximate surface area is 261 Å². The first-order valence-corrected chi connectivity index (χ1v) is 16.1. The van der Waals surface area contributed by atoms with E-state index in [1.54, 1.807) is 0 Å². The third-order valence-electron chi connectivity index (χ3n) is 8.63. The van der Waals surface area contributed by atoms with Gasteiger partial charge in [-0.15, -0.1) is 0 Å². The number of hydrogen-bond donors (Lipinski definition) is 0. The fourth-order valence-electron chi connectivity index (χ4n) is 5.94. The van der Waals surface area contributed by atoms with Crippen LogP contribution in [-0.4, -0.2) is 66.8 Å². The molecule has 0 saturated carbocycles. The van der Waals surface area contributed by atoms with Gasteiger partial charge in [-0.2, -0.15) is 0 Å².